The molecule has 0 heterocycles. The SMILES string of the molecule is C1=CC2CCCC(CC1)CCC2. The van der Waals surface area contributed by atoms with Crippen LogP contribution >= 0.6 is 0 Å². The highest BCUT2D eigenvalue weighted by atomic mass is 14.2. The maximum Gasteiger partial charge on any atom is -0.0234 e. The minimum atomic E-state index is 0.934. The second-order valence-electron chi connectivity index (χ2n) is 4.49. The molecule has 0 aromatic carbocycles. The zero-order valence-corrected chi connectivity index (χ0v) is 7.97. The van der Waals surface area contributed by atoms with Crippen LogP contribution in [0.3, 0.4) is 0 Å². The number of hydrogen-bond donors (Lipinski definition) is 0. The number of rotatable bonds is 0. The summed E-state index contributed by atoms with van der Waals surface area (Å²) < 4.78 is 0. The Bertz CT molecular complexity index is 147. The van der Waals surface area contributed by atoms with Gasteiger partial charge in [0.1, 0.15) is 0 Å². The third-order valence-corrected chi connectivity index (χ3v) is 3.52. The molecule has 2 bridgehead atoms. The summed E-state index contributed by atoms with van der Waals surface area (Å²) in [4.78, 5) is 0. The lowest BCUT2D eigenvalue weighted by Gasteiger charge is -2.20. The van der Waals surface area contributed by atoms with Crippen molar-refractivity contribution < 1.29 is 0 Å². The van der Waals surface area contributed by atoms with Crippen LogP contribution in [0.5, 0.6) is 0 Å². The molecule has 0 nitrogen and oxygen atoms in total. The van der Waals surface area contributed by atoms with E-state index in [-0.39, 0.29) is 0 Å². The smallest absolute Gasteiger partial charge is 0.0234 e. The molecule has 0 N–H and O–H groups in total. The maximum atomic E-state index is 2.49. The average molecular weight is 164 g/mol. The summed E-state index contributed by atoms with van der Waals surface area (Å²) in [6.07, 6.45) is 16.7. The van der Waals surface area contributed by atoms with Gasteiger partial charge in [-0.25, -0.2) is 0 Å². The summed E-state index contributed by atoms with van der Waals surface area (Å²) in [6.45, 7) is 0. The zero-order chi connectivity index (χ0) is 8.23. The van der Waals surface area contributed by atoms with Crippen LogP contribution in [-0.2, 0) is 0 Å². The van der Waals surface area contributed by atoms with Crippen molar-refractivity contribution in [3.8, 4) is 0 Å². The van der Waals surface area contributed by atoms with E-state index in [1.165, 1.54) is 51.4 Å². The van der Waals surface area contributed by atoms with Gasteiger partial charge < -0.3 is 0 Å². The van der Waals surface area contributed by atoms with Crippen LogP contribution in [0.1, 0.15) is 51.4 Å². The van der Waals surface area contributed by atoms with Crippen molar-refractivity contribution in [3.05, 3.63) is 12.2 Å². The number of fused-ring (bicyclic) bond motifs is 6. The first-order valence-corrected chi connectivity index (χ1v) is 5.62. The van der Waals surface area contributed by atoms with Crippen molar-refractivity contribution in [2.45, 2.75) is 51.4 Å². The van der Waals surface area contributed by atoms with E-state index in [1.54, 1.807) is 0 Å². The fraction of sp³-hybridized carbons (Fsp3) is 0.833. The molecule has 0 heteroatoms. The van der Waals surface area contributed by atoms with Gasteiger partial charge in [0.15, 0.2) is 0 Å². The molecular formula is C12H20. The predicted molar refractivity (Wildman–Crippen MR) is 53.1 cm³/mol. The summed E-state index contributed by atoms with van der Waals surface area (Å²) in [7, 11) is 0. The standard InChI is InChI=1S/C12H20/c1-2-6-12-9-3-7-11(5-1)8-4-10-12/h1,5,11-12H,2-4,6-10H2. The van der Waals surface area contributed by atoms with E-state index >= 15 is 0 Å². The maximum absolute atomic E-state index is 2.49. The van der Waals surface area contributed by atoms with E-state index in [1.807, 2.05) is 0 Å². The lowest BCUT2D eigenvalue weighted by Crippen LogP contribution is -2.06. The van der Waals surface area contributed by atoms with Gasteiger partial charge in [-0.15, -0.1) is 0 Å². The monoisotopic (exact) mass is 164 g/mol. The van der Waals surface area contributed by atoms with Gasteiger partial charge in [-0.2, -0.15) is 0 Å². The van der Waals surface area contributed by atoms with Crippen LogP contribution in [0, 0.1) is 11.8 Å². The predicted octanol–water partition coefficient (Wildman–Crippen LogP) is 3.92. The Morgan fingerprint density at radius 1 is 0.833 bits per heavy atom. The first-order chi connectivity index (χ1) is 5.95. The van der Waals surface area contributed by atoms with E-state index in [9.17, 15) is 0 Å². The topological polar surface area (TPSA) is 0 Å². The first kappa shape index (κ1) is 8.34. The van der Waals surface area contributed by atoms with Gasteiger partial charge in [0.2, 0.25) is 0 Å². The van der Waals surface area contributed by atoms with E-state index in [0.29, 0.717) is 0 Å². The fourth-order valence-corrected chi connectivity index (χ4v) is 2.73. The van der Waals surface area contributed by atoms with Crippen LogP contribution in [0.25, 0.3) is 0 Å². The third kappa shape index (κ3) is 2.12. The van der Waals surface area contributed by atoms with Crippen molar-refractivity contribution in [2.24, 2.45) is 11.8 Å². The van der Waals surface area contributed by atoms with Crippen LogP contribution in [0.15, 0.2) is 12.2 Å². The molecule has 0 spiro atoms. The van der Waals surface area contributed by atoms with E-state index in [2.05, 4.69) is 12.2 Å². The molecule has 0 saturated heterocycles. The van der Waals surface area contributed by atoms with Gasteiger partial charge in [0.05, 0.1) is 0 Å². The Kier molecular flexibility index (Phi) is 2.86. The van der Waals surface area contributed by atoms with Crippen molar-refractivity contribution in [1.82, 2.24) is 0 Å². The quantitative estimate of drug-likeness (QED) is 0.476. The van der Waals surface area contributed by atoms with Crippen molar-refractivity contribution in [1.29, 1.82) is 0 Å². The Labute approximate surface area is 76.1 Å². The van der Waals surface area contributed by atoms with Crippen molar-refractivity contribution >= 4 is 0 Å². The van der Waals surface area contributed by atoms with E-state index < -0.39 is 0 Å². The Morgan fingerprint density at radius 3 is 2.33 bits per heavy atom. The minimum Gasteiger partial charge on any atom is -0.0882 e. The first-order valence-electron chi connectivity index (χ1n) is 5.62. The molecule has 1 saturated carbocycles. The average Bonchev–Trinajstić information content (AvgIpc) is 2.18. The Balaban J connectivity index is 2.04. The van der Waals surface area contributed by atoms with E-state index in [0.717, 1.165) is 11.8 Å². The number of allylic oxidation sites excluding steroid dienone is 2. The van der Waals surface area contributed by atoms with Gasteiger partial charge in [0, 0.05) is 0 Å². The van der Waals surface area contributed by atoms with Gasteiger partial charge >= 0.3 is 0 Å². The molecule has 1 fully saturated rings. The van der Waals surface area contributed by atoms with Crippen LogP contribution < -0.4 is 0 Å². The highest BCUT2D eigenvalue weighted by molar-refractivity contribution is 4.91. The highest BCUT2D eigenvalue weighted by Gasteiger charge is 2.16. The molecule has 0 aromatic rings. The van der Waals surface area contributed by atoms with Gasteiger partial charge in [-0.05, 0) is 37.5 Å². The molecule has 3 rings (SSSR count). The van der Waals surface area contributed by atoms with Gasteiger partial charge in [-0.3, -0.25) is 0 Å². The molecule has 0 aliphatic heterocycles. The van der Waals surface area contributed by atoms with Crippen LogP contribution in [0.4, 0.5) is 0 Å². The molecule has 0 amide bonds. The van der Waals surface area contributed by atoms with Gasteiger partial charge in [-0.1, -0.05) is 37.8 Å². The molecule has 0 unspecified atom stereocenters. The molecule has 3 aliphatic rings. The van der Waals surface area contributed by atoms with Crippen LogP contribution in [-0.4, -0.2) is 0 Å². The third-order valence-electron chi connectivity index (χ3n) is 3.52. The summed E-state index contributed by atoms with van der Waals surface area (Å²) in [5.74, 6) is 2.00. The van der Waals surface area contributed by atoms with Crippen LogP contribution in [0.2, 0.25) is 0 Å². The molecule has 68 valence electrons. The zero-order valence-electron chi connectivity index (χ0n) is 7.97. The molecule has 3 aliphatic carbocycles. The molecule has 0 radical (unpaired) electrons. The van der Waals surface area contributed by atoms with E-state index in [4.69, 9.17) is 0 Å². The Morgan fingerprint density at radius 2 is 1.58 bits per heavy atom. The van der Waals surface area contributed by atoms with Crippen molar-refractivity contribution in [3.63, 3.8) is 0 Å². The highest BCUT2D eigenvalue weighted by Crippen LogP contribution is 2.31. The second kappa shape index (κ2) is 4.11. The molecule has 12 heavy (non-hydrogen) atoms. The largest absolute Gasteiger partial charge is 0.0882 e. The second-order valence-corrected chi connectivity index (χ2v) is 4.49. The normalized spacial score (nSPS) is 36.7. The van der Waals surface area contributed by atoms with Crippen molar-refractivity contribution in [2.75, 3.05) is 0 Å². The van der Waals surface area contributed by atoms with Gasteiger partial charge in [0.25, 0.3) is 0 Å². The minimum absolute atomic E-state index is 0.934. The summed E-state index contributed by atoms with van der Waals surface area (Å²) >= 11 is 0. The molecule has 0 atom stereocenters. The summed E-state index contributed by atoms with van der Waals surface area (Å²) in [6, 6.07) is 0. The lowest BCUT2D eigenvalue weighted by atomic mass is 9.85. The summed E-state index contributed by atoms with van der Waals surface area (Å²) in [5.41, 5.74) is 0. The number of hydrogen-bond acceptors (Lipinski definition) is 0. The summed E-state index contributed by atoms with van der Waals surface area (Å²) in [5, 5.41) is 0. The fourth-order valence-electron chi connectivity index (χ4n) is 2.73. The lowest BCUT2D eigenvalue weighted by molar-refractivity contribution is 0.340. The molecule has 0 aromatic heterocycles. The molecular weight excluding hydrogens is 144 g/mol. The Hall–Kier alpha value is -0.260.